The zero-order valence-electron chi connectivity index (χ0n) is 11.6. The Kier molecular flexibility index (Phi) is 4.61. The quantitative estimate of drug-likeness (QED) is 0.891. The Bertz CT molecular complexity index is 476. The van der Waals surface area contributed by atoms with Crippen LogP contribution in [0.3, 0.4) is 0 Å². The summed E-state index contributed by atoms with van der Waals surface area (Å²) in [6.07, 6.45) is 2.09. The van der Waals surface area contributed by atoms with Gasteiger partial charge in [-0.25, -0.2) is 4.79 Å². The lowest BCUT2D eigenvalue weighted by Gasteiger charge is -2.30. The fourth-order valence-electron chi connectivity index (χ4n) is 2.29. The van der Waals surface area contributed by atoms with Gasteiger partial charge in [0.1, 0.15) is 0 Å². The van der Waals surface area contributed by atoms with E-state index in [2.05, 4.69) is 12.2 Å². The van der Waals surface area contributed by atoms with Crippen LogP contribution in [0, 0.1) is 5.92 Å². The molecule has 0 unspecified atom stereocenters. The molecule has 0 bridgehead atoms. The predicted octanol–water partition coefficient (Wildman–Crippen LogP) is 2.58. The number of likely N-dealkylation sites (tertiary alicyclic amines) is 1. The number of piperidine rings is 1. The van der Waals surface area contributed by atoms with E-state index >= 15 is 0 Å². The van der Waals surface area contributed by atoms with Gasteiger partial charge in [-0.3, -0.25) is 4.79 Å². The molecule has 20 heavy (non-hydrogen) atoms. The molecule has 1 saturated heterocycles. The van der Waals surface area contributed by atoms with Crippen LogP contribution < -0.4 is 5.32 Å². The lowest BCUT2D eigenvalue weighted by atomic mass is 10.00. The second-order valence-corrected chi connectivity index (χ2v) is 5.37. The molecule has 5 nitrogen and oxygen atoms in total. The van der Waals surface area contributed by atoms with Gasteiger partial charge in [-0.15, -0.1) is 0 Å². The van der Waals surface area contributed by atoms with Crippen LogP contribution in [0.25, 0.3) is 0 Å². The van der Waals surface area contributed by atoms with Gasteiger partial charge in [0.05, 0.1) is 6.42 Å². The van der Waals surface area contributed by atoms with E-state index in [1.54, 1.807) is 24.3 Å². The zero-order valence-corrected chi connectivity index (χ0v) is 11.6. The molecular weight excluding hydrogens is 256 g/mol. The summed E-state index contributed by atoms with van der Waals surface area (Å²) in [4.78, 5) is 24.5. The van der Waals surface area contributed by atoms with Gasteiger partial charge in [-0.05, 0) is 36.5 Å². The van der Waals surface area contributed by atoms with Crippen molar-refractivity contribution in [3.05, 3.63) is 29.8 Å². The fraction of sp³-hybridized carbons (Fsp3) is 0.467. The van der Waals surface area contributed by atoms with E-state index in [4.69, 9.17) is 5.11 Å². The Morgan fingerprint density at radius 3 is 2.40 bits per heavy atom. The van der Waals surface area contributed by atoms with Crippen molar-refractivity contribution in [2.24, 2.45) is 5.92 Å². The molecular formula is C15H20N2O3. The Labute approximate surface area is 118 Å². The number of amides is 2. The molecule has 108 valence electrons. The van der Waals surface area contributed by atoms with Crippen LogP contribution in [0.2, 0.25) is 0 Å². The summed E-state index contributed by atoms with van der Waals surface area (Å²) in [6, 6.07) is 6.85. The van der Waals surface area contributed by atoms with Crippen LogP contribution >= 0.6 is 0 Å². The Balaban J connectivity index is 1.89. The van der Waals surface area contributed by atoms with Crippen molar-refractivity contribution in [1.82, 2.24) is 4.90 Å². The number of carbonyl (C=O) groups is 2. The van der Waals surface area contributed by atoms with Gasteiger partial charge in [-0.2, -0.15) is 0 Å². The normalized spacial score (nSPS) is 15.9. The number of nitrogens with zero attached hydrogens (tertiary/aromatic N) is 1. The standard InChI is InChI=1S/C15H20N2O3/c1-11-6-8-17(9-7-11)15(20)16-13-4-2-12(3-5-13)10-14(18)19/h2-5,11H,6-10H2,1H3,(H,16,20)(H,18,19). The number of hydrogen-bond donors (Lipinski definition) is 2. The first-order valence-corrected chi connectivity index (χ1v) is 6.91. The number of urea groups is 1. The van der Waals surface area contributed by atoms with Crippen LogP contribution in [0.1, 0.15) is 25.3 Å². The number of carboxylic acid groups (broad SMARTS) is 1. The lowest BCUT2D eigenvalue weighted by Crippen LogP contribution is -2.40. The van der Waals surface area contributed by atoms with Crippen molar-refractivity contribution in [2.75, 3.05) is 18.4 Å². The van der Waals surface area contributed by atoms with Crippen LogP contribution in [0.4, 0.5) is 10.5 Å². The Morgan fingerprint density at radius 2 is 1.85 bits per heavy atom. The van der Waals surface area contributed by atoms with Crippen LogP contribution in [-0.4, -0.2) is 35.1 Å². The van der Waals surface area contributed by atoms with Crippen LogP contribution in [-0.2, 0) is 11.2 Å². The molecule has 2 amide bonds. The number of hydrogen-bond acceptors (Lipinski definition) is 2. The van der Waals surface area contributed by atoms with E-state index in [0.29, 0.717) is 11.6 Å². The molecule has 2 N–H and O–H groups in total. The lowest BCUT2D eigenvalue weighted by molar-refractivity contribution is -0.136. The first-order valence-electron chi connectivity index (χ1n) is 6.91. The van der Waals surface area contributed by atoms with Gasteiger partial charge in [0, 0.05) is 18.8 Å². The maximum atomic E-state index is 12.1. The minimum Gasteiger partial charge on any atom is -0.481 e. The number of nitrogens with one attached hydrogen (secondary N) is 1. The van der Waals surface area contributed by atoms with Crippen molar-refractivity contribution in [3.8, 4) is 0 Å². The molecule has 1 aromatic carbocycles. The Hall–Kier alpha value is -2.04. The molecule has 0 atom stereocenters. The Morgan fingerprint density at radius 1 is 1.25 bits per heavy atom. The smallest absolute Gasteiger partial charge is 0.321 e. The van der Waals surface area contributed by atoms with Gasteiger partial charge in [0.15, 0.2) is 0 Å². The summed E-state index contributed by atoms with van der Waals surface area (Å²) in [6.45, 7) is 3.80. The van der Waals surface area contributed by atoms with Gasteiger partial charge in [0.25, 0.3) is 0 Å². The fourth-order valence-corrected chi connectivity index (χ4v) is 2.29. The highest BCUT2D eigenvalue weighted by molar-refractivity contribution is 5.89. The molecule has 2 rings (SSSR count). The molecule has 0 aromatic heterocycles. The van der Waals surface area contributed by atoms with Gasteiger partial charge in [0.2, 0.25) is 0 Å². The number of aliphatic carboxylic acids is 1. The number of carboxylic acids is 1. The van der Waals surface area contributed by atoms with Crippen molar-refractivity contribution in [1.29, 1.82) is 0 Å². The van der Waals surface area contributed by atoms with E-state index < -0.39 is 5.97 Å². The van der Waals surface area contributed by atoms with E-state index in [-0.39, 0.29) is 12.5 Å². The molecule has 1 heterocycles. The van der Waals surface area contributed by atoms with E-state index in [1.165, 1.54) is 0 Å². The molecule has 1 aliphatic rings. The molecule has 5 heteroatoms. The summed E-state index contributed by atoms with van der Waals surface area (Å²) in [5.41, 5.74) is 1.42. The van der Waals surface area contributed by atoms with Gasteiger partial charge >= 0.3 is 12.0 Å². The predicted molar refractivity (Wildman–Crippen MR) is 76.8 cm³/mol. The highest BCUT2D eigenvalue weighted by atomic mass is 16.4. The number of carbonyl (C=O) groups excluding carboxylic acids is 1. The van der Waals surface area contributed by atoms with E-state index in [9.17, 15) is 9.59 Å². The van der Waals surface area contributed by atoms with E-state index in [1.807, 2.05) is 4.90 Å². The summed E-state index contributed by atoms with van der Waals surface area (Å²) in [7, 11) is 0. The van der Waals surface area contributed by atoms with Crippen LogP contribution in [0.15, 0.2) is 24.3 Å². The van der Waals surface area contributed by atoms with Gasteiger partial charge < -0.3 is 15.3 Å². The zero-order chi connectivity index (χ0) is 14.5. The number of benzene rings is 1. The minimum absolute atomic E-state index is 0.00175. The van der Waals surface area contributed by atoms with Gasteiger partial charge in [-0.1, -0.05) is 19.1 Å². The molecule has 0 radical (unpaired) electrons. The summed E-state index contributed by atoms with van der Waals surface area (Å²) < 4.78 is 0. The average molecular weight is 276 g/mol. The molecule has 1 fully saturated rings. The SMILES string of the molecule is CC1CCN(C(=O)Nc2ccc(CC(=O)O)cc2)CC1. The molecule has 1 aromatic rings. The first-order chi connectivity index (χ1) is 9.54. The highest BCUT2D eigenvalue weighted by Crippen LogP contribution is 2.17. The third kappa shape index (κ3) is 3.98. The number of rotatable bonds is 3. The first kappa shape index (κ1) is 14.4. The molecule has 0 spiro atoms. The number of anilines is 1. The topological polar surface area (TPSA) is 69.6 Å². The monoisotopic (exact) mass is 276 g/mol. The molecule has 0 saturated carbocycles. The van der Waals surface area contributed by atoms with Crippen molar-refractivity contribution >= 4 is 17.7 Å². The maximum absolute atomic E-state index is 12.1. The molecule has 1 aliphatic heterocycles. The minimum atomic E-state index is -0.857. The van der Waals surface area contributed by atoms with E-state index in [0.717, 1.165) is 31.5 Å². The third-order valence-corrected chi connectivity index (χ3v) is 3.63. The van der Waals surface area contributed by atoms with Crippen molar-refractivity contribution < 1.29 is 14.7 Å². The van der Waals surface area contributed by atoms with Crippen molar-refractivity contribution in [2.45, 2.75) is 26.2 Å². The third-order valence-electron chi connectivity index (χ3n) is 3.63. The second kappa shape index (κ2) is 6.41. The molecule has 0 aliphatic carbocycles. The summed E-state index contributed by atoms with van der Waals surface area (Å²) in [5.74, 6) is -0.168. The second-order valence-electron chi connectivity index (χ2n) is 5.37. The van der Waals surface area contributed by atoms with Crippen molar-refractivity contribution in [3.63, 3.8) is 0 Å². The highest BCUT2D eigenvalue weighted by Gasteiger charge is 2.20. The van der Waals surface area contributed by atoms with Crippen LogP contribution in [0.5, 0.6) is 0 Å². The summed E-state index contributed by atoms with van der Waals surface area (Å²) in [5, 5.41) is 11.5. The average Bonchev–Trinajstić information content (AvgIpc) is 2.41. The maximum Gasteiger partial charge on any atom is 0.321 e. The largest absolute Gasteiger partial charge is 0.481 e. The summed E-state index contributed by atoms with van der Waals surface area (Å²) >= 11 is 0.